The molecule has 1 aliphatic rings. The van der Waals surface area contributed by atoms with E-state index in [1.54, 1.807) is 25.3 Å². The average Bonchev–Trinajstić information content (AvgIpc) is 3.02. The fraction of sp³-hybridized carbons (Fsp3) is 0.0476. The number of methoxy groups -OCH3 is 1. The summed E-state index contributed by atoms with van der Waals surface area (Å²) in [4.78, 5) is 16.7. The van der Waals surface area contributed by atoms with Gasteiger partial charge in [-0.2, -0.15) is 0 Å². The first kappa shape index (κ1) is 16.4. The predicted octanol–water partition coefficient (Wildman–Crippen LogP) is 4.42. The summed E-state index contributed by atoms with van der Waals surface area (Å²) in [5, 5.41) is 5.58. The van der Waals surface area contributed by atoms with Crippen LogP contribution in [0.5, 0.6) is 5.75 Å². The Morgan fingerprint density at radius 3 is 2.50 bits per heavy atom. The van der Waals surface area contributed by atoms with Crippen LogP contribution in [0.1, 0.15) is 11.1 Å². The summed E-state index contributed by atoms with van der Waals surface area (Å²) in [6.45, 7) is 0. The van der Waals surface area contributed by atoms with Crippen LogP contribution < -0.4 is 10.1 Å². The van der Waals surface area contributed by atoms with Crippen molar-refractivity contribution in [3.63, 3.8) is 0 Å². The normalized spacial score (nSPS) is 15.2. The minimum Gasteiger partial charge on any atom is -0.497 e. The summed E-state index contributed by atoms with van der Waals surface area (Å²) in [5.74, 6) is 1.13. The van der Waals surface area contributed by atoms with E-state index < -0.39 is 0 Å². The van der Waals surface area contributed by atoms with E-state index in [4.69, 9.17) is 16.3 Å². The first-order valence-corrected chi connectivity index (χ1v) is 8.46. The molecule has 0 atom stereocenters. The summed E-state index contributed by atoms with van der Waals surface area (Å²) in [5.41, 5.74) is 2.11. The zero-order chi connectivity index (χ0) is 18.1. The lowest BCUT2D eigenvalue weighted by molar-refractivity contribution is -0.115. The van der Waals surface area contributed by atoms with Gasteiger partial charge >= 0.3 is 0 Å². The quantitative estimate of drug-likeness (QED) is 0.701. The molecule has 128 valence electrons. The van der Waals surface area contributed by atoms with Gasteiger partial charge in [-0.05, 0) is 64.9 Å². The summed E-state index contributed by atoms with van der Waals surface area (Å²) in [7, 11) is 1.65. The van der Waals surface area contributed by atoms with E-state index >= 15 is 0 Å². The molecule has 0 unspecified atom stereocenters. The van der Waals surface area contributed by atoms with Crippen LogP contribution in [0.2, 0.25) is 5.02 Å². The highest BCUT2D eigenvalue weighted by Gasteiger charge is 2.21. The summed E-state index contributed by atoms with van der Waals surface area (Å²) in [6.07, 6.45) is 1.78. The molecule has 0 bridgehead atoms. The Hall–Kier alpha value is -3.11. The molecule has 3 aromatic carbocycles. The lowest BCUT2D eigenvalue weighted by Gasteiger charge is -2.03. The second kappa shape index (κ2) is 6.65. The zero-order valence-corrected chi connectivity index (χ0v) is 14.7. The maximum Gasteiger partial charge on any atom is 0.275 e. The van der Waals surface area contributed by atoms with Crippen LogP contribution in [0.4, 0.5) is 0 Å². The second-order valence-corrected chi connectivity index (χ2v) is 6.36. The summed E-state index contributed by atoms with van der Waals surface area (Å²) in [6, 6.07) is 19.1. The molecule has 4 nitrogen and oxygen atoms in total. The van der Waals surface area contributed by atoms with Gasteiger partial charge in [0.2, 0.25) is 0 Å². The molecule has 0 aliphatic carbocycles. The molecule has 0 radical (unpaired) electrons. The van der Waals surface area contributed by atoms with Gasteiger partial charge in [0.1, 0.15) is 17.3 Å². The number of carbonyl (C=O) groups is 1. The number of amides is 1. The Bertz CT molecular complexity index is 1070. The number of nitrogens with one attached hydrogen (secondary N) is 1. The highest BCUT2D eigenvalue weighted by molar-refractivity contribution is 6.30. The molecule has 0 fully saturated rings. The van der Waals surface area contributed by atoms with Crippen LogP contribution in [0.3, 0.4) is 0 Å². The van der Waals surface area contributed by atoms with Crippen molar-refractivity contribution in [2.24, 2.45) is 4.99 Å². The number of benzene rings is 3. The molecule has 1 heterocycles. The number of hydrogen-bond acceptors (Lipinski definition) is 3. The fourth-order valence-corrected chi connectivity index (χ4v) is 2.96. The monoisotopic (exact) mass is 362 g/mol. The van der Waals surface area contributed by atoms with E-state index in [1.807, 2.05) is 48.5 Å². The summed E-state index contributed by atoms with van der Waals surface area (Å²) < 4.78 is 5.24. The third-order valence-corrected chi connectivity index (χ3v) is 4.44. The molecule has 0 spiro atoms. The van der Waals surface area contributed by atoms with Gasteiger partial charge in [0, 0.05) is 10.6 Å². The highest BCUT2D eigenvalue weighted by atomic mass is 35.5. The molecule has 1 N–H and O–H groups in total. The van der Waals surface area contributed by atoms with E-state index in [0.29, 0.717) is 16.6 Å². The van der Waals surface area contributed by atoms with E-state index in [2.05, 4.69) is 10.3 Å². The number of nitrogens with zero attached hydrogens (tertiary/aromatic N) is 1. The van der Waals surface area contributed by atoms with Crippen LogP contribution in [-0.2, 0) is 4.79 Å². The van der Waals surface area contributed by atoms with Gasteiger partial charge in [-0.15, -0.1) is 0 Å². The lowest BCUT2D eigenvalue weighted by atomic mass is 10.1. The Morgan fingerprint density at radius 2 is 1.73 bits per heavy atom. The number of carbonyl (C=O) groups excluding carboxylic acids is 1. The van der Waals surface area contributed by atoms with Crippen molar-refractivity contribution in [3.05, 3.63) is 82.5 Å². The van der Waals surface area contributed by atoms with Crippen LogP contribution >= 0.6 is 11.6 Å². The molecule has 0 aromatic heterocycles. The van der Waals surface area contributed by atoms with E-state index in [9.17, 15) is 4.79 Å². The van der Waals surface area contributed by atoms with E-state index in [0.717, 1.165) is 27.6 Å². The fourth-order valence-electron chi connectivity index (χ4n) is 2.83. The molecule has 26 heavy (non-hydrogen) atoms. The Morgan fingerprint density at radius 1 is 1.00 bits per heavy atom. The van der Waals surface area contributed by atoms with E-state index in [1.165, 1.54) is 0 Å². The van der Waals surface area contributed by atoms with Gasteiger partial charge in [-0.25, -0.2) is 4.99 Å². The maximum absolute atomic E-state index is 12.2. The molecular formula is C21H15ClN2O2. The molecule has 3 aromatic rings. The SMILES string of the molecule is COc1ccc2cc(/C=C3/N=C(c4ccc(Cl)cc4)NC3=O)ccc2c1. The van der Waals surface area contributed by atoms with Gasteiger partial charge in [0.15, 0.2) is 0 Å². The van der Waals surface area contributed by atoms with Gasteiger partial charge < -0.3 is 10.1 Å². The maximum atomic E-state index is 12.2. The van der Waals surface area contributed by atoms with Crippen molar-refractivity contribution < 1.29 is 9.53 Å². The highest BCUT2D eigenvalue weighted by Crippen LogP contribution is 2.24. The molecule has 0 saturated carbocycles. The zero-order valence-electron chi connectivity index (χ0n) is 14.0. The minimum atomic E-state index is -0.218. The molecule has 5 heteroatoms. The number of aliphatic imine (C=N–C) groups is 1. The van der Waals surface area contributed by atoms with Crippen molar-refractivity contribution in [1.29, 1.82) is 0 Å². The number of rotatable bonds is 3. The van der Waals surface area contributed by atoms with E-state index in [-0.39, 0.29) is 5.91 Å². The van der Waals surface area contributed by atoms with Crippen molar-refractivity contribution in [1.82, 2.24) is 5.32 Å². The standard InChI is InChI=1S/C21H15ClN2O2/c1-26-18-9-6-15-10-13(2-3-16(15)12-18)11-19-21(25)24-20(23-19)14-4-7-17(22)8-5-14/h2-12H,1H3,(H,23,24,25)/b19-11+. The van der Waals surface area contributed by atoms with Crippen LogP contribution in [-0.4, -0.2) is 18.9 Å². The molecule has 1 aliphatic heterocycles. The van der Waals surface area contributed by atoms with Crippen LogP contribution in [0, 0.1) is 0 Å². The Labute approximate surface area is 155 Å². The first-order chi connectivity index (χ1) is 12.6. The minimum absolute atomic E-state index is 0.218. The predicted molar refractivity (Wildman–Crippen MR) is 105 cm³/mol. The molecule has 4 rings (SSSR count). The molecular weight excluding hydrogens is 348 g/mol. The summed E-state index contributed by atoms with van der Waals surface area (Å²) >= 11 is 5.90. The number of fused-ring (bicyclic) bond motifs is 1. The van der Waals surface area contributed by atoms with Crippen molar-refractivity contribution in [2.75, 3.05) is 7.11 Å². The molecule has 0 saturated heterocycles. The largest absolute Gasteiger partial charge is 0.497 e. The third kappa shape index (κ3) is 3.19. The van der Waals surface area contributed by atoms with Crippen molar-refractivity contribution in [2.45, 2.75) is 0 Å². The Kier molecular flexibility index (Phi) is 4.19. The average molecular weight is 363 g/mol. The molecule has 1 amide bonds. The van der Waals surface area contributed by atoms with Gasteiger partial charge in [0.25, 0.3) is 5.91 Å². The second-order valence-electron chi connectivity index (χ2n) is 5.92. The topological polar surface area (TPSA) is 50.7 Å². The number of halogens is 1. The van der Waals surface area contributed by atoms with Crippen LogP contribution in [0.25, 0.3) is 16.8 Å². The van der Waals surface area contributed by atoms with Crippen LogP contribution in [0.15, 0.2) is 71.4 Å². The van der Waals surface area contributed by atoms with Gasteiger partial charge in [-0.3, -0.25) is 4.79 Å². The third-order valence-electron chi connectivity index (χ3n) is 4.19. The number of amidine groups is 1. The smallest absolute Gasteiger partial charge is 0.275 e. The van der Waals surface area contributed by atoms with Gasteiger partial charge in [-0.1, -0.05) is 29.8 Å². The van der Waals surface area contributed by atoms with Gasteiger partial charge in [0.05, 0.1) is 7.11 Å². The van der Waals surface area contributed by atoms with Crippen molar-refractivity contribution in [3.8, 4) is 5.75 Å². The number of ether oxygens (including phenoxy) is 1. The lowest BCUT2D eigenvalue weighted by Crippen LogP contribution is -2.24. The number of hydrogen-bond donors (Lipinski definition) is 1. The Balaban J connectivity index is 1.67. The first-order valence-electron chi connectivity index (χ1n) is 8.08. The van der Waals surface area contributed by atoms with Crippen molar-refractivity contribution >= 4 is 40.2 Å².